The molecule has 0 bridgehead atoms. The van der Waals surface area contributed by atoms with Crippen molar-refractivity contribution in [3.8, 4) is 0 Å². The molecule has 4 N–H and O–H groups in total. The number of hydrogen-bond acceptors (Lipinski definition) is 3. The van der Waals surface area contributed by atoms with Crippen LogP contribution in [0.1, 0.15) is 37.1 Å². The smallest absolute Gasteiger partial charge is 0.224 e. The van der Waals surface area contributed by atoms with Gasteiger partial charge in [0.05, 0.1) is 17.1 Å². The molecule has 1 amide bonds. The van der Waals surface area contributed by atoms with Crippen LogP contribution in [0.4, 0.5) is 5.69 Å². The lowest BCUT2D eigenvalue weighted by atomic mass is 10.00. The Labute approximate surface area is 101 Å². The molecule has 0 aliphatic heterocycles. The molecule has 0 radical (unpaired) electrons. The lowest BCUT2D eigenvalue weighted by molar-refractivity contribution is -0.117. The summed E-state index contributed by atoms with van der Waals surface area (Å²) in [7, 11) is 0. The Morgan fingerprint density at radius 1 is 1.53 bits per heavy atom. The highest BCUT2D eigenvalue weighted by atomic mass is 16.1. The van der Waals surface area contributed by atoms with Crippen molar-refractivity contribution < 1.29 is 4.79 Å². The number of nitrogens with zero attached hydrogens (tertiary/aromatic N) is 1. The summed E-state index contributed by atoms with van der Waals surface area (Å²) in [6.45, 7) is 3.78. The first-order valence-electron chi connectivity index (χ1n) is 6.15. The van der Waals surface area contributed by atoms with Crippen molar-refractivity contribution in [2.24, 2.45) is 11.7 Å². The minimum absolute atomic E-state index is 0.0416. The summed E-state index contributed by atoms with van der Waals surface area (Å²) in [6, 6.07) is 0.187. The molecule has 1 aliphatic rings. The topological polar surface area (TPSA) is 83.8 Å². The van der Waals surface area contributed by atoms with Gasteiger partial charge in [-0.3, -0.25) is 9.89 Å². The maximum absolute atomic E-state index is 11.9. The molecule has 1 aliphatic carbocycles. The van der Waals surface area contributed by atoms with Crippen LogP contribution >= 0.6 is 0 Å². The van der Waals surface area contributed by atoms with Gasteiger partial charge < -0.3 is 11.1 Å². The van der Waals surface area contributed by atoms with Crippen molar-refractivity contribution in [2.75, 3.05) is 5.32 Å². The van der Waals surface area contributed by atoms with Crippen LogP contribution in [0.15, 0.2) is 0 Å². The molecule has 0 saturated heterocycles. The number of carbonyl (C=O) groups excluding carboxylic acids is 1. The second kappa shape index (κ2) is 4.87. The van der Waals surface area contributed by atoms with Crippen molar-refractivity contribution >= 4 is 11.6 Å². The molecular formula is C12H20N4O. The molecule has 5 nitrogen and oxygen atoms in total. The minimum atomic E-state index is 0.0416. The van der Waals surface area contributed by atoms with Crippen LogP contribution in [0, 0.1) is 19.8 Å². The van der Waals surface area contributed by atoms with E-state index in [1.165, 1.54) is 0 Å². The van der Waals surface area contributed by atoms with Crippen molar-refractivity contribution in [1.82, 2.24) is 10.2 Å². The number of rotatable bonds is 3. The molecule has 1 aromatic rings. The fourth-order valence-electron chi connectivity index (χ4n) is 2.48. The predicted molar refractivity (Wildman–Crippen MR) is 66.6 cm³/mol. The number of aromatic nitrogens is 2. The lowest BCUT2D eigenvalue weighted by Crippen LogP contribution is -2.28. The van der Waals surface area contributed by atoms with Crippen LogP contribution in [0.5, 0.6) is 0 Å². The van der Waals surface area contributed by atoms with Crippen molar-refractivity contribution in [3.63, 3.8) is 0 Å². The number of nitrogens with one attached hydrogen (secondary N) is 2. The number of carbonyl (C=O) groups is 1. The molecule has 0 unspecified atom stereocenters. The molecule has 1 saturated carbocycles. The minimum Gasteiger partial charge on any atom is -0.327 e. The zero-order chi connectivity index (χ0) is 12.4. The van der Waals surface area contributed by atoms with Crippen LogP contribution in [0.2, 0.25) is 0 Å². The van der Waals surface area contributed by atoms with Crippen LogP contribution in [0.25, 0.3) is 0 Å². The molecule has 94 valence electrons. The molecule has 17 heavy (non-hydrogen) atoms. The summed E-state index contributed by atoms with van der Waals surface area (Å²) in [4.78, 5) is 11.9. The Kier molecular flexibility index (Phi) is 3.47. The molecule has 0 spiro atoms. The Morgan fingerprint density at radius 3 is 2.82 bits per heavy atom. The SMILES string of the molecule is Cc1n[nH]c(C)c1NC(=O)C[C@@H]1CCC[C@H]1N. The molecule has 5 heteroatoms. The maximum Gasteiger partial charge on any atom is 0.224 e. The zero-order valence-electron chi connectivity index (χ0n) is 10.4. The molecule has 1 aromatic heterocycles. The molecule has 0 aromatic carbocycles. The van der Waals surface area contributed by atoms with Gasteiger partial charge in [-0.15, -0.1) is 0 Å². The van der Waals surface area contributed by atoms with Gasteiger partial charge in [-0.25, -0.2) is 0 Å². The van der Waals surface area contributed by atoms with Gasteiger partial charge in [0.1, 0.15) is 0 Å². The fraction of sp³-hybridized carbons (Fsp3) is 0.667. The average molecular weight is 236 g/mol. The summed E-state index contributed by atoms with van der Waals surface area (Å²) in [5, 5.41) is 9.82. The maximum atomic E-state index is 11.9. The molecule has 1 fully saturated rings. The van der Waals surface area contributed by atoms with E-state index in [1.807, 2.05) is 13.8 Å². The summed E-state index contributed by atoms with van der Waals surface area (Å²) >= 11 is 0. The second-order valence-electron chi connectivity index (χ2n) is 4.92. The van der Waals surface area contributed by atoms with Gasteiger partial charge in [-0.05, 0) is 32.6 Å². The van der Waals surface area contributed by atoms with Crippen LogP contribution in [-0.2, 0) is 4.79 Å². The van der Waals surface area contributed by atoms with E-state index in [0.717, 1.165) is 36.3 Å². The van der Waals surface area contributed by atoms with Crippen LogP contribution < -0.4 is 11.1 Å². The van der Waals surface area contributed by atoms with Gasteiger partial charge in [0.15, 0.2) is 0 Å². The monoisotopic (exact) mass is 236 g/mol. The molecule has 1 heterocycles. The molecular weight excluding hydrogens is 216 g/mol. The van der Waals surface area contributed by atoms with E-state index in [9.17, 15) is 4.79 Å². The van der Waals surface area contributed by atoms with E-state index in [4.69, 9.17) is 5.73 Å². The van der Waals surface area contributed by atoms with E-state index in [1.54, 1.807) is 0 Å². The van der Waals surface area contributed by atoms with E-state index < -0.39 is 0 Å². The van der Waals surface area contributed by atoms with Gasteiger partial charge in [0, 0.05) is 12.5 Å². The third-order valence-corrected chi connectivity index (χ3v) is 3.56. The summed E-state index contributed by atoms with van der Waals surface area (Å²) in [5.74, 6) is 0.377. The van der Waals surface area contributed by atoms with Gasteiger partial charge in [-0.2, -0.15) is 5.10 Å². The Bertz CT molecular complexity index is 393. The second-order valence-corrected chi connectivity index (χ2v) is 4.92. The summed E-state index contributed by atoms with van der Waals surface area (Å²) in [5.41, 5.74) is 8.49. The Hall–Kier alpha value is -1.36. The zero-order valence-corrected chi connectivity index (χ0v) is 10.4. The first kappa shape index (κ1) is 12.1. The number of nitrogens with two attached hydrogens (primary N) is 1. The van der Waals surface area contributed by atoms with E-state index in [-0.39, 0.29) is 11.9 Å². The van der Waals surface area contributed by atoms with Crippen molar-refractivity contribution in [2.45, 2.75) is 45.6 Å². The van der Waals surface area contributed by atoms with Gasteiger partial charge in [0.2, 0.25) is 5.91 Å². The quantitative estimate of drug-likeness (QED) is 0.743. The Morgan fingerprint density at radius 2 is 2.29 bits per heavy atom. The highest BCUT2D eigenvalue weighted by molar-refractivity contribution is 5.92. The Balaban J connectivity index is 1.93. The van der Waals surface area contributed by atoms with Gasteiger partial charge in [0.25, 0.3) is 0 Å². The first-order chi connectivity index (χ1) is 8.08. The molecule has 2 atom stereocenters. The fourth-order valence-corrected chi connectivity index (χ4v) is 2.48. The third kappa shape index (κ3) is 2.66. The van der Waals surface area contributed by atoms with Crippen molar-refractivity contribution in [1.29, 1.82) is 0 Å². The number of anilines is 1. The number of amides is 1. The van der Waals surface area contributed by atoms with Crippen LogP contribution in [0.3, 0.4) is 0 Å². The summed E-state index contributed by atoms with van der Waals surface area (Å²) in [6.07, 6.45) is 3.77. The number of hydrogen-bond donors (Lipinski definition) is 3. The van der Waals surface area contributed by atoms with E-state index >= 15 is 0 Å². The van der Waals surface area contributed by atoms with E-state index in [0.29, 0.717) is 12.3 Å². The number of H-pyrrole nitrogens is 1. The van der Waals surface area contributed by atoms with Crippen molar-refractivity contribution in [3.05, 3.63) is 11.4 Å². The highest BCUT2D eigenvalue weighted by Crippen LogP contribution is 2.27. The number of aryl methyl sites for hydroxylation is 2. The summed E-state index contributed by atoms with van der Waals surface area (Å²) < 4.78 is 0. The molecule has 2 rings (SSSR count). The number of aromatic amines is 1. The lowest BCUT2D eigenvalue weighted by Gasteiger charge is -2.14. The standard InChI is InChI=1S/C12H20N4O/c1-7-12(8(2)16-15-7)14-11(17)6-9-4-3-5-10(9)13/h9-10H,3-6,13H2,1-2H3,(H,14,17)(H,15,16)/t9-,10+/m0/s1. The van der Waals surface area contributed by atoms with Gasteiger partial charge >= 0.3 is 0 Å². The van der Waals surface area contributed by atoms with Gasteiger partial charge in [-0.1, -0.05) is 6.42 Å². The average Bonchev–Trinajstić information content (AvgIpc) is 2.80. The normalized spacial score (nSPS) is 23.9. The van der Waals surface area contributed by atoms with E-state index in [2.05, 4.69) is 15.5 Å². The first-order valence-corrected chi connectivity index (χ1v) is 6.15. The predicted octanol–water partition coefficient (Wildman–Crippen LogP) is 1.48. The highest BCUT2D eigenvalue weighted by Gasteiger charge is 2.26. The largest absolute Gasteiger partial charge is 0.327 e. The third-order valence-electron chi connectivity index (χ3n) is 3.56. The van der Waals surface area contributed by atoms with Crippen LogP contribution in [-0.4, -0.2) is 22.1 Å².